The molecule has 0 aliphatic carbocycles. The first-order valence-electron chi connectivity index (χ1n) is 7.94. The van der Waals surface area contributed by atoms with Gasteiger partial charge >= 0.3 is 0 Å². The maximum Gasteiger partial charge on any atom is 0.253 e. The molecule has 1 aromatic heterocycles. The van der Waals surface area contributed by atoms with Gasteiger partial charge in [0.2, 0.25) is 0 Å². The predicted molar refractivity (Wildman–Crippen MR) is 83.4 cm³/mol. The largest absolute Gasteiger partial charge is 0.360 e. The van der Waals surface area contributed by atoms with Crippen molar-refractivity contribution in [3.05, 3.63) is 36.0 Å². The zero-order valence-corrected chi connectivity index (χ0v) is 12.1. The zero-order chi connectivity index (χ0) is 14.2. The number of nitrogens with one attached hydrogen (secondary N) is 2. The third-order valence-corrected chi connectivity index (χ3v) is 5.01. The van der Waals surface area contributed by atoms with Crippen LogP contribution in [0, 0.1) is 0 Å². The van der Waals surface area contributed by atoms with Crippen molar-refractivity contribution in [1.29, 1.82) is 0 Å². The lowest BCUT2D eigenvalue weighted by Gasteiger charge is -2.32. The van der Waals surface area contributed by atoms with Crippen LogP contribution in [0.2, 0.25) is 0 Å². The molecule has 2 fully saturated rings. The Morgan fingerprint density at radius 3 is 3.05 bits per heavy atom. The summed E-state index contributed by atoms with van der Waals surface area (Å²) in [5.41, 5.74) is 1.79. The minimum atomic E-state index is 0.0601. The van der Waals surface area contributed by atoms with Crippen LogP contribution in [0.5, 0.6) is 0 Å². The number of carbonyl (C=O) groups is 1. The molecule has 2 unspecified atom stereocenters. The number of para-hydroxylation sites is 1. The lowest BCUT2D eigenvalue weighted by Crippen LogP contribution is -2.46. The number of nitrogens with zero attached hydrogens (tertiary/aromatic N) is 1. The van der Waals surface area contributed by atoms with Crippen LogP contribution < -0.4 is 5.32 Å². The average molecular weight is 283 g/mol. The summed E-state index contributed by atoms with van der Waals surface area (Å²) in [6, 6.07) is 8.83. The van der Waals surface area contributed by atoms with Crippen LogP contribution in [-0.4, -0.2) is 41.0 Å². The molecule has 3 heterocycles. The van der Waals surface area contributed by atoms with Gasteiger partial charge in [0.05, 0.1) is 5.56 Å². The normalized spacial score (nSPS) is 25.9. The van der Waals surface area contributed by atoms with E-state index in [0.29, 0.717) is 12.1 Å². The van der Waals surface area contributed by atoms with Crippen molar-refractivity contribution in [1.82, 2.24) is 15.2 Å². The molecule has 2 N–H and O–H groups in total. The minimum Gasteiger partial charge on any atom is -0.360 e. The second-order valence-electron chi connectivity index (χ2n) is 6.22. The number of H-pyrrole nitrogens is 1. The third-order valence-electron chi connectivity index (χ3n) is 5.01. The van der Waals surface area contributed by atoms with Gasteiger partial charge in [-0.3, -0.25) is 9.69 Å². The average Bonchev–Trinajstić information content (AvgIpc) is 3.12. The number of hydrogen-bond acceptors (Lipinski definition) is 2. The van der Waals surface area contributed by atoms with E-state index in [4.69, 9.17) is 0 Å². The fourth-order valence-electron chi connectivity index (χ4n) is 3.92. The Labute approximate surface area is 124 Å². The van der Waals surface area contributed by atoms with Gasteiger partial charge in [-0.25, -0.2) is 0 Å². The maximum absolute atomic E-state index is 12.6. The van der Waals surface area contributed by atoms with E-state index >= 15 is 0 Å². The molecule has 4 nitrogen and oxygen atoms in total. The highest BCUT2D eigenvalue weighted by molar-refractivity contribution is 6.06. The number of hydrogen-bond donors (Lipinski definition) is 2. The number of benzene rings is 1. The number of amides is 1. The molecule has 21 heavy (non-hydrogen) atoms. The molecule has 110 valence electrons. The van der Waals surface area contributed by atoms with Gasteiger partial charge in [-0.05, 0) is 31.9 Å². The molecule has 0 spiro atoms. The second kappa shape index (κ2) is 5.19. The Morgan fingerprint density at radius 2 is 2.10 bits per heavy atom. The standard InChI is InChI=1S/C17H21N3O/c21-17(13-11-18-14-6-2-1-5-12(13)14)19-15-8-10-20-9-4-3-7-16(15)20/h1-2,5-6,11,15-16,18H,3-4,7-10H2,(H,19,21). The van der Waals surface area contributed by atoms with E-state index in [1.54, 1.807) is 0 Å². The van der Waals surface area contributed by atoms with Crippen molar-refractivity contribution in [2.24, 2.45) is 0 Å². The van der Waals surface area contributed by atoms with Gasteiger partial charge < -0.3 is 10.3 Å². The Kier molecular flexibility index (Phi) is 3.19. The molecule has 2 atom stereocenters. The van der Waals surface area contributed by atoms with Gasteiger partial charge in [0.1, 0.15) is 0 Å². The molecule has 2 aliphatic heterocycles. The van der Waals surface area contributed by atoms with Gasteiger partial charge in [0.25, 0.3) is 5.91 Å². The van der Waals surface area contributed by atoms with Crippen molar-refractivity contribution >= 4 is 16.8 Å². The number of fused-ring (bicyclic) bond motifs is 2. The fourth-order valence-corrected chi connectivity index (χ4v) is 3.92. The van der Waals surface area contributed by atoms with Crippen LogP contribution in [0.4, 0.5) is 0 Å². The van der Waals surface area contributed by atoms with Crippen LogP contribution in [-0.2, 0) is 0 Å². The van der Waals surface area contributed by atoms with Crippen molar-refractivity contribution in [2.75, 3.05) is 13.1 Å². The first-order valence-corrected chi connectivity index (χ1v) is 7.94. The number of rotatable bonds is 2. The highest BCUT2D eigenvalue weighted by atomic mass is 16.1. The van der Waals surface area contributed by atoms with Crippen molar-refractivity contribution in [3.8, 4) is 0 Å². The second-order valence-corrected chi connectivity index (χ2v) is 6.22. The fraction of sp³-hybridized carbons (Fsp3) is 0.471. The predicted octanol–water partition coefficient (Wildman–Crippen LogP) is 2.52. The van der Waals surface area contributed by atoms with E-state index in [2.05, 4.69) is 15.2 Å². The SMILES string of the molecule is O=C(NC1CCN2CCCCC12)c1c[nH]c2ccccc12. The van der Waals surface area contributed by atoms with Crippen LogP contribution >= 0.6 is 0 Å². The molecule has 2 aliphatic rings. The van der Waals surface area contributed by atoms with E-state index in [0.717, 1.165) is 29.4 Å². The van der Waals surface area contributed by atoms with Crippen LogP contribution in [0.25, 0.3) is 10.9 Å². The van der Waals surface area contributed by atoms with Crippen molar-refractivity contribution in [2.45, 2.75) is 37.8 Å². The molecule has 2 aromatic rings. The lowest BCUT2D eigenvalue weighted by molar-refractivity contribution is 0.0917. The minimum absolute atomic E-state index is 0.0601. The Bertz CT molecular complexity index is 663. The van der Waals surface area contributed by atoms with E-state index < -0.39 is 0 Å². The molecule has 4 heteroatoms. The smallest absolute Gasteiger partial charge is 0.253 e. The van der Waals surface area contributed by atoms with Gasteiger partial charge in [-0.15, -0.1) is 0 Å². The van der Waals surface area contributed by atoms with Gasteiger partial charge in [-0.2, -0.15) is 0 Å². The maximum atomic E-state index is 12.6. The summed E-state index contributed by atoms with van der Waals surface area (Å²) < 4.78 is 0. The molecular weight excluding hydrogens is 262 g/mol. The highest BCUT2D eigenvalue weighted by Gasteiger charge is 2.36. The van der Waals surface area contributed by atoms with E-state index in [9.17, 15) is 4.79 Å². The summed E-state index contributed by atoms with van der Waals surface area (Å²) in [5, 5.41) is 4.28. The number of aromatic amines is 1. The van der Waals surface area contributed by atoms with Crippen LogP contribution in [0.3, 0.4) is 0 Å². The summed E-state index contributed by atoms with van der Waals surface area (Å²) >= 11 is 0. The Balaban J connectivity index is 1.53. The topological polar surface area (TPSA) is 48.1 Å². The number of aromatic nitrogens is 1. The molecule has 4 rings (SSSR count). The molecule has 2 saturated heterocycles. The van der Waals surface area contributed by atoms with Crippen LogP contribution in [0.15, 0.2) is 30.5 Å². The monoisotopic (exact) mass is 283 g/mol. The van der Waals surface area contributed by atoms with E-state index in [1.165, 1.54) is 25.8 Å². The van der Waals surface area contributed by atoms with Crippen LogP contribution in [0.1, 0.15) is 36.0 Å². The summed E-state index contributed by atoms with van der Waals surface area (Å²) in [5.74, 6) is 0.0601. The Morgan fingerprint density at radius 1 is 1.19 bits per heavy atom. The molecule has 0 radical (unpaired) electrons. The van der Waals surface area contributed by atoms with Gasteiger partial charge in [-0.1, -0.05) is 24.6 Å². The van der Waals surface area contributed by atoms with Crippen molar-refractivity contribution < 1.29 is 4.79 Å². The van der Waals surface area contributed by atoms with Gasteiger partial charge in [0, 0.05) is 35.7 Å². The number of carbonyl (C=O) groups excluding carboxylic acids is 1. The van der Waals surface area contributed by atoms with E-state index in [1.807, 2.05) is 30.5 Å². The summed E-state index contributed by atoms with van der Waals surface area (Å²) in [4.78, 5) is 18.3. The number of piperidine rings is 1. The molecular formula is C17H21N3O. The quantitative estimate of drug-likeness (QED) is 0.889. The Hall–Kier alpha value is -1.81. The molecule has 1 aromatic carbocycles. The highest BCUT2D eigenvalue weighted by Crippen LogP contribution is 2.27. The molecule has 1 amide bonds. The molecule has 0 saturated carbocycles. The summed E-state index contributed by atoms with van der Waals surface area (Å²) in [6.45, 7) is 2.33. The zero-order valence-electron chi connectivity index (χ0n) is 12.1. The lowest BCUT2D eigenvalue weighted by atomic mass is 9.99. The first-order chi connectivity index (χ1) is 10.3. The molecule has 0 bridgehead atoms. The summed E-state index contributed by atoms with van der Waals surface area (Å²) in [7, 11) is 0. The first kappa shape index (κ1) is 12.9. The van der Waals surface area contributed by atoms with E-state index in [-0.39, 0.29) is 5.91 Å². The summed E-state index contributed by atoms with van der Waals surface area (Å²) in [6.07, 6.45) is 6.73. The van der Waals surface area contributed by atoms with Gasteiger partial charge in [0.15, 0.2) is 0 Å². The van der Waals surface area contributed by atoms with Crippen molar-refractivity contribution in [3.63, 3.8) is 0 Å². The third kappa shape index (κ3) is 2.23.